The Balaban J connectivity index is 1.40. The van der Waals surface area contributed by atoms with E-state index in [-0.39, 0.29) is 5.69 Å². The first-order valence-electron chi connectivity index (χ1n) is 7.83. The first-order chi connectivity index (χ1) is 12.6. The van der Waals surface area contributed by atoms with Crippen LogP contribution in [0.3, 0.4) is 0 Å². The van der Waals surface area contributed by atoms with Gasteiger partial charge in [0.05, 0.1) is 0 Å². The summed E-state index contributed by atoms with van der Waals surface area (Å²) in [5, 5.41) is 16.2. The fourth-order valence-electron chi connectivity index (χ4n) is 2.16. The van der Waals surface area contributed by atoms with Crippen LogP contribution in [0.5, 0.6) is 0 Å². The van der Waals surface area contributed by atoms with Crippen LogP contribution in [-0.4, -0.2) is 33.9 Å². The zero-order valence-electron chi connectivity index (χ0n) is 13.6. The number of carbonyl (C=O) groups excluding carboxylic acids is 1. The molecule has 3 N–H and O–H groups in total. The van der Waals surface area contributed by atoms with Crippen molar-refractivity contribution in [3.63, 3.8) is 0 Å². The van der Waals surface area contributed by atoms with E-state index in [2.05, 4.69) is 26.1 Å². The molecule has 0 aliphatic carbocycles. The third-order valence-corrected chi connectivity index (χ3v) is 3.41. The minimum absolute atomic E-state index is 0.167. The van der Waals surface area contributed by atoms with Gasteiger partial charge in [0.2, 0.25) is 0 Å². The van der Waals surface area contributed by atoms with Gasteiger partial charge in [-0.1, -0.05) is 0 Å². The van der Waals surface area contributed by atoms with E-state index < -0.39 is 17.7 Å². The summed E-state index contributed by atoms with van der Waals surface area (Å²) in [7, 11) is 0. The molecule has 0 bridgehead atoms. The van der Waals surface area contributed by atoms with Crippen molar-refractivity contribution >= 4 is 17.5 Å². The molecule has 2 aromatic heterocycles. The fraction of sp³-hybridized carbons (Fsp3) is 0.118. The molecule has 0 radical (unpaired) electrons. The summed E-state index contributed by atoms with van der Waals surface area (Å²) in [6.45, 7) is 0.722. The van der Waals surface area contributed by atoms with Crippen LogP contribution in [0.15, 0.2) is 54.9 Å². The average molecular weight is 358 g/mol. The lowest BCUT2D eigenvalue weighted by Crippen LogP contribution is -2.32. The lowest BCUT2D eigenvalue weighted by Gasteiger charge is -2.09. The number of nitrogens with zero attached hydrogens (tertiary/aromatic N) is 3. The molecule has 0 spiro atoms. The van der Waals surface area contributed by atoms with Crippen LogP contribution in [-0.2, 0) is 0 Å². The van der Waals surface area contributed by atoms with E-state index in [4.69, 9.17) is 0 Å². The summed E-state index contributed by atoms with van der Waals surface area (Å²) in [6.07, 6.45) is 3.74. The number of benzene rings is 1. The Kier molecular flexibility index (Phi) is 5.37. The highest BCUT2D eigenvalue weighted by Crippen LogP contribution is 2.12. The summed E-state index contributed by atoms with van der Waals surface area (Å²) in [4.78, 5) is 11.7. The Morgan fingerprint density at radius 2 is 1.81 bits per heavy atom. The van der Waals surface area contributed by atoms with Gasteiger partial charge in [0.25, 0.3) is 0 Å². The van der Waals surface area contributed by atoms with Crippen molar-refractivity contribution in [2.45, 2.75) is 0 Å². The first-order valence-corrected chi connectivity index (χ1v) is 7.83. The monoisotopic (exact) mass is 358 g/mol. The summed E-state index contributed by atoms with van der Waals surface area (Å²) >= 11 is 0. The summed E-state index contributed by atoms with van der Waals surface area (Å²) in [5.74, 6) is -0.719. The van der Waals surface area contributed by atoms with Crippen molar-refractivity contribution in [3.8, 4) is 5.82 Å². The molecule has 0 saturated carbocycles. The third kappa shape index (κ3) is 4.53. The van der Waals surface area contributed by atoms with Gasteiger partial charge in [-0.05, 0) is 36.4 Å². The molecular formula is C17H16F2N6O. The van der Waals surface area contributed by atoms with Crippen molar-refractivity contribution in [1.29, 1.82) is 0 Å². The van der Waals surface area contributed by atoms with Gasteiger partial charge in [-0.25, -0.2) is 13.6 Å². The van der Waals surface area contributed by atoms with E-state index >= 15 is 0 Å². The Morgan fingerprint density at radius 3 is 2.50 bits per heavy atom. The van der Waals surface area contributed by atoms with Crippen molar-refractivity contribution < 1.29 is 13.6 Å². The highest BCUT2D eigenvalue weighted by molar-refractivity contribution is 5.89. The fourth-order valence-corrected chi connectivity index (χ4v) is 2.16. The molecule has 0 saturated heterocycles. The Morgan fingerprint density at radius 1 is 1.00 bits per heavy atom. The molecule has 3 rings (SSSR count). The second kappa shape index (κ2) is 8.06. The van der Waals surface area contributed by atoms with Crippen LogP contribution in [0.1, 0.15) is 0 Å². The topological polar surface area (TPSA) is 83.9 Å². The maximum absolute atomic E-state index is 13.1. The molecule has 2 heterocycles. The Bertz CT molecular complexity index is 867. The number of halogens is 2. The van der Waals surface area contributed by atoms with Crippen molar-refractivity contribution in [2.75, 3.05) is 23.7 Å². The molecule has 0 aliphatic rings. The van der Waals surface area contributed by atoms with Gasteiger partial charge in [-0.3, -0.25) is 0 Å². The first kappa shape index (κ1) is 17.3. The van der Waals surface area contributed by atoms with Gasteiger partial charge in [-0.2, -0.15) is 0 Å². The van der Waals surface area contributed by atoms with Gasteiger partial charge in [0, 0.05) is 37.2 Å². The molecule has 0 fully saturated rings. The molecule has 1 aromatic carbocycles. The molecule has 26 heavy (non-hydrogen) atoms. The molecule has 2 amide bonds. The minimum Gasteiger partial charge on any atom is -0.367 e. The number of aromatic nitrogens is 3. The van der Waals surface area contributed by atoms with Crippen LogP contribution in [0.25, 0.3) is 5.82 Å². The molecule has 0 unspecified atom stereocenters. The summed E-state index contributed by atoms with van der Waals surface area (Å²) in [6, 6.07) is 10.0. The van der Waals surface area contributed by atoms with Gasteiger partial charge in [-0.15, -0.1) is 10.2 Å². The minimum atomic E-state index is -1.02. The predicted octanol–water partition coefficient (Wildman–Crippen LogP) is 2.78. The van der Waals surface area contributed by atoms with E-state index in [1.54, 1.807) is 6.07 Å². The normalized spacial score (nSPS) is 10.4. The molecule has 134 valence electrons. The highest BCUT2D eigenvalue weighted by atomic mass is 19.2. The number of anilines is 2. The quantitative estimate of drug-likeness (QED) is 0.592. The van der Waals surface area contributed by atoms with Crippen molar-refractivity contribution in [3.05, 3.63) is 66.5 Å². The van der Waals surface area contributed by atoms with Crippen LogP contribution in [0.2, 0.25) is 0 Å². The number of hydrogen-bond acceptors (Lipinski definition) is 4. The standard InChI is InChI=1S/C17H16F2N6O/c18-13-4-3-12(11-14(13)19)22-17(26)21-8-7-20-15-5-6-16(24-23-15)25-9-1-2-10-25/h1-6,9-11H,7-8H2,(H,20,23)(H2,21,22,26). The SMILES string of the molecule is O=C(NCCNc1ccc(-n2cccc2)nn1)Nc1ccc(F)c(F)c1. The van der Waals surface area contributed by atoms with E-state index in [1.165, 1.54) is 6.07 Å². The lowest BCUT2D eigenvalue weighted by atomic mass is 10.3. The van der Waals surface area contributed by atoms with Crippen LogP contribution >= 0.6 is 0 Å². The smallest absolute Gasteiger partial charge is 0.319 e. The van der Waals surface area contributed by atoms with Crippen molar-refractivity contribution in [2.24, 2.45) is 0 Å². The van der Waals surface area contributed by atoms with Gasteiger partial charge in [0.1, 0.15) is 5.82 Å². The molecule has 0 aliphatic heterocycles. The maximum Gasteiger partial charge on any atom is 0.319 e. The van der Waals surface area contributed by atoms with E-state index in [0.717, 1.165) is 12.1 Å². The van der Waals surface area contributed by atoms with E-state index in [1.807, 2.05) is 35.2 Å². The largest absolute Gasteiger partial charge is 0.367 e. The lowest BCUT2D eigenvalue weighted by molar-refractivity contribution is 0.252. The number of rotatable bonds is 6. The number of carbonyl (C=O) groups is 1. The van der Waals surface area contributed by atoms with Gasteiger partial charge in [0.15, 0.2) is 17.5 Å². The van der Waals surface area contributed by atoms with Crippen LogP contribution in [0.4, 0.5) is 25.1 Å². The number of hydrogen-bond donors (Lipinski definition) is 3. The van der Waals surface area contributed by atoms with Gasteiger partial charge >= 0.3 is 6.03 Å². The maximum atomic E-state index is 13.1. The molecule has 0 atom stereocenters. The Labute approximate surface area is 148 Å². The average Bonchev–Trinajstić information content (AvgIpc) is 3.17. The van der Waals surface area contributed by atoms with E-state index in [0.29, 0.717) is 24.7 Å². The summed E-state index contributed by atoms with van der Waals surface area (Å²) < 4.78 is 27.7. The molecule has 7 nitrogen and oxygen atoms in total. The van der Waals surface area contributed by atoms with E-state index in [9.17, 15) is 13.6 Å². The second-order valence-corrected chi connectivity index (χ2v) is 5.30. The highest BCUT2D eigenvalue weighted by Gasteiger charge is 2.05. The second-order valence-electron chi connectivity index (χ2n) is 5.30. The molecule has 3 aromatic rings. The van der Waals surface area contributed by atoms with Crippen molar-refractivity contribution in [1.82, 2.24) is 20.1 Å². The number of nitrogens with one attached hydrogen (secondary N) is 3. The number of urea groups is 1. The summed E-state index contributed by atoms with van der Waals surface area (Å²) in [5.41, 5.74) is 0.167. The van der Waals surface area contributed by atoms with Crippen LogP contribution < -0.4 is 16.0 Å². The predicted molar refractivity (Wildman–Crippen MR) is 93.2 cm³/mol. The number of amides is 2. The zero-order valence-corrected chi connectivity index (χ0v) is 13.6. The zero-order chi connectivity index (χ0) is 18.4. The van der Waals surface area contributed by atoms with Gasteiger partial charge < -0.3 is 20.5 Å². The Hall–Kier alpha value is -3.49. The van der Waals surface area contributed by atoms with Crippen LogP contribution in [0, 0.1) is 11.6 Å². The molecular weight excluding hydrogens is 342 g/mol. The third-order valence-electron chi connectivity index (χ3n) is 3.41. The molecule has 9 heteroatoms.